The van der Waals surface area contributed by atoms with Crippen LogP contribution in [0.4, 0.5) is 5.69 Å². The second kappa shape index (κ2) is 9.12. The van der Waals surface area contributed by atoms with Crippen LogP contribution in [0.5, 0.6) is 17.2 Å². The fourth-order valence-electron chi connectivity index (χ4n) is 3.04. The summed E-state index contributed by atoms with van der Waals surface area (Å²) in [5, 5.41) is 5.46. The maximum absolute atomic E-state index is 12.5. The largest absolute Gasteiger partial charge is 0.493 e. The summed E-state index contributed by atoms with van der Waals surface area (Å²) < 4.78 is 15.7. The van der Waals surface area contributed by atoms with Crippen LogP contribution in [0.25, 0.3) is 0 Å². The number of aryl methyl sites for hydroxylation is 3. The van der Waals surface area contributed by atoms with Crippen molar-refractivity contribution in [3.05, 3.63) is 46.5 Å². The minimum atomic E-state index is -0.424. The Labute approximate surface area is 165 Å². The molecule has 7 nitrogen and oxygen atoms in total. The Balaban J connectivity index is 2.09. The molecular weight excluding hydrogens is 360 g/mol. The molecule has 0 saturated carbocycles. The lowest BCUT2D eigenvalue weighted by molar-refractivity contribution is -0.115. The first-order valence-corrected chi connectivity index (χ1v) is 8.76. The van der Waals surface area contributed by atoms with Gasteiger partial charge < -0.3 is 24.8 Å². The van der Waals surface area contributed by atoms with Crippen molar-refractivity contribution in [2.24, 2.45) is 0 Å². The number of benzene rings is 2. The second-order valence-corrected chi connectivity index (χ2v) is 6.42. The number of nitrogens with one attached hydrogen (secondary N) is 2. The lowest BCUT2D eigenvalue weighted by atomic mass is 10.1. The highest BCUT2D eigenvalue weighted by atomic mass is 16.5. The third-order valence-corrected chi connectivity index (χ3v) is 4.28. The van der Waals surface area contributed by atoms with Gasteiger partial charge in [-0.3, -0.25) is 9.59 Å². The van der Waals surface area contributed by atoms with Crippen molar-refractivity contribution >= 4 is 17.5 Å². The molecule has 0 aliphatic carbocycles. The summed E-state index contributed by atoms with van der Waals surface area (Å²) >= 11 is 0. The molecule has 0 unspecified atom stereocenters. The van der Waals surface area contributed by atoms with Gasteiger partial charge in [-0.05, 0) is 44.0 Å². The molecule has 0 heterocycles. The smallest absolute Gasteiger partial charge is 0.251 e. The first-order chi connectivity index (χ1) is 13.3. The first-order valence-electron chi connectivity index (χ1n) is 8.76. The molecule has 2 aromatic rings. The molecule has 2 amide bonds. The molecule has 0 aromatic heterocycles. The van der Waals surface area contributed by atoms with Gasteiger partial charge in [0.2, 0.25) is 11.7 Å². The zero-order valence-electron chi connectivity index (χ0n) is 17.1. The van der Waals surface area contributed by atoms with E-state index in [4.69, 9.17) is 14.2 Å². The van der Waals surface area contributed by atoms with E-state index in [1.807, 2.05) is 32.9 Å². The predicted molar refractivity (Wildman–Crippen MR) is 108 cm³/mol. The van der Waals surface area contributed by atoms with Crippen LogP contribution in [0, 0.1) is 20.8 Å². The Morgan fingerprint density at radius 1 is 0.857 bits per heavy atom. The van der Waals surface area contributed by atoms with E-state index < -0.39 is 5.91 Å². The van der Waals surface area contributed by atoms with E-state index in [2.05, 4.69) is 10.6 Å². The highest BCUT2D eigenvalue weighted by Gasteiger charge is 2.17. The topological polar surface area (TPSA) is 85.9 Å². The molecule has 2 N–H and O–H groups in total. The van der Waals surface area contributed by atoms with Gasteiger partial charge in [0.1, 0.15) is 0 Å². The van der Waals surface area contributed by atoms with Gasteiger partial charge in [-0.2, -0.15) is 0 Å². The van der Waals surface area contributed by atoms with Crippen molar-refractivity contribution in [1.29, 1.82) is 0 Å². The second-order valence-electron chi connectivity index (χ2n) is 6.42. The maximum atomic E-state index is 12.5. The van der Waals surface area contributed by atoms with Crippen molar-refractivity contribution in [2.45, 2.75) is 20.8 Å². The Hall–Kier alpha value is -3.22. The fourth-order valence-corrected chi connectivity index (χ4v) is 3.04. The summed E-state index contributed by atoms with van der Waals surface area (Å²) in [7, 11) is 4.43. The monoisotopic (exact) mass is 386 g/mol. The molecule has 0 radical (unpaired) electrons. The molecule has 2 rings (SSSR count). The van der Waals surface area contributed by atoms with E-state index in [0.717, 1.165) is 22.4 Å². The van der Waals surface area contributed by atoms with Crippen LogP contribution in [0.3, 0.4) is 0 Å². The summed E-state index contributed by atoms with van der Waals surface area (Å²) in [5.41, 5.74) is 4.13. The van der Waals surface area contributed by atoms with E-state index in [1.54, 1.807) is 0 Å². The molecule has 150 valence electrons. The van der Waals surface area contributed by atoms with Gasteiger partial charge in [0, 0.05) is 11.3 Å². The summed E-state index contributed by atoms with van der Waals surface area (Å²) in [5.74, 6) is 0.386. The molecule has 28 heavy (non-hydrogen) atoms. The van der Waals surface area contributed by atoms with Gasteiger partial charge in [0.15, 0.2) is 11.5 Å². The Morgan fingerprint density at radius 3 is 1.86 bits per heavy atom. The number of carbonyl (C=O) groups excluding carboxylic acids is 2. The van der Waals surface area contributed by atoms with Crippen molar-refractivity contribution in [2.75, 3.05) is 33.2 Å². The Bertz CT molecular complexity index is 844. The van der Waals surface area contributed by atoms with Crippen LogP contribution in [0.1, 0.15) is 27.0 Å². The van der Waals surface area contributed by atoms with Gasteiger partial charge in [0.05, 0.1) is 27.9 Å². The van der Waals surface area contributed by atoms with E-state index in [9.17, 15) is 9.59 Å². The molecule has 0 spiro atoms. The maximum Gasteiger partial charge on any atom is 0.251 e. The predicted octanol–water partition coefficient (Wildman–Crippen LogP) is 3.01. The number of rotatable bonds is 7. The lowest BCUT2D eigenvalue weighted by Gasteiger charge is -2.15. The van der Waals surface area contributed by atoms with Crippen LogP contribution in [-0.2, 0) is 4.79 Å². The van der Waals surface area contributed by atoms with Crippen molar-refractivity contribution in [3.8, 4) is 17.2 Å². The highest BCUT2D eigenvalue weighted by molar-refractivity contribution is 6.00. The summed E-state index contributed by atoms with van der Waals surface area (Å²) in [6.07, 6.45) is 0. The third-order valence-electron chi connectivity index (χ3n) is 4.28. The number of ether oxygens (including phenoxy) is 3. The minimum Gasteiger partial charge on any atom is -0.493 e. The number of amides is 2. The molecule has 0 saturated heterocycles. The number of methoxy groups -OCH3 is 3. The standard InChI is InChI=1S/C21H26N2O5/c1-12-7-13(2)19(14(3)8-12)23-18(24)11-22-21(25)15-9-16(26-4)20(28-6)17(10-15)27-5/h7-10H,11H2,1-6H3,(H,22,25)(H,23,24). The highest BCUT2D eigenvalue weighted by Crippen LogP contribution is 2.38. The van der Waals surface area contributed by atoms with Gasteiger partial charge in [-0.1, -0.05) is 17.7 Å². The van der Waals surface area contributed by atoms with Crippen LogP contribution >= 0.6 is 0 Å². The number of hydrogen-bond donors (Lipinski definition) is 2. The lowest BCUT2D eigenvalue weighted by Crippen LogP contribution is -2.33. The van der Waals surface area contributed by atoms with E-state index in [1.165, 1.54) is 33.5 Å². The quantitative estimate of drug-likeness (QED) is 0.764. The fraction of sp³-hybridized carbons (Fsp3) is 0.333. The number of anilines is 1. The van der Waals surface area contributed by atoms with Crippen molar-refractivity contribution in [3.63, 3.8) is 0 Å². The Morgan fingerprint density at radius 2 is 1.39 bits per heavy atom. The van der Waals surface area contributed by atoms with Crippen LogP contribution < -0.4 is 24.8 Å². The zero-order chi connectivity index (χ0) is 20.8. The van der Waals surface area contributed by atoms with Gasteiger partial charge >= 0.3 is 0 Å². The molecular formula is C21H26N2O5. The van der Waals surface area contributed by atoms with Crippen LogP contribution in [0.2, 0.25) is 0 Å². The molecule has 0 aliphatic heterocycles. The number of carbonyl (C=O) groups is 2. The Kier molecular flexibility index (Phi) is 6.87. The van der Waals surface area contributed by atoms with Crippen LogP contribution in [0.15, 0.2) is 24.3 Å². The summed E-state index contributed by atoms with van der Waals surface area (Å²) in [6, 6.07) is 7.06. The van der Waals surface area contributed by atoms with Crippen LogP contribution in [-0.4, -0.2) is 39.7 Å². The van der Waals surface area contributed by atoms with E-state index in [-0.39, 0.29) is 12.5 Å². The SMILES string of the molecule is COc1cc(C(=O)NCC(=O)Nc2c(C)cc(C)cc2C)cc(OC)c1OC. The molecule has 7 heteroatoms. The summed E-state index contributed by atoms with van der Waals surface area (Å²) in [6.45, 7) is 5.71. The average molecular weight is 386 g/mol. The van der Waals surface area contributed by atoms with E-state index in [0.29, 0.717) is 22.8 Å². The molecule has 0 aliphatic rings. The molecule has 0 atom stereocenters. The molecule has 0 fully saturated rings. The van der Waals surface area contributed by atoms with Crippen molar-refractivity contribution in [1.82, 2.24) is 5.32 Å². The average Bonchev–Trinajstić information content (AvgIpc) is 2.67. The van der Waals surface area contributed by atoms with E-state index >= 15 is 0 Å². The van der Waals surface area contributed by atoms with Gasteiger partial charge in [-0.25, -0.2) is 0 Å². The van der Waals surface area contributed by atoms with Crippen molar-refractivity contribution < 1.29 is 23.8 Å². The molecule has 0 bridgehead atoms. The summed E-state index contributed by atoms with van der Waals surface area (Å²) in [4.78, 5) is 24.8. The van der Waals surface area contributed by atoms with Gasteiger partial charge in [0.25, 0.3) is 5.91 Å². The minimum absolute atomic E-state index is 0.164. The first kappa shape index (κ1) is 21.1. The normalized spacial score (nSPS) is 10.2. The zero-order valence-corrected chi connectivity index (χ0v) is 17.1. The van der Waals surface area contributed by atoms with Gasteiger partial charge in [-0.15, -0.1) is 0 Å². The number of hydrogen-bond acceptors (Lipinski definition) is 5. The molecule has 2 aromatic carbocycles. The third kappa shape index (κ3) is 4.73.